The molecule has 62 valence electrons. The van der Waals surface area contributed by atoms with E-state index in [0.717, 1.165) is 22.5 Å². The molecule has 1 aliphatic rings. The van der Waals surface area contributed by atoms with Gasteiger partial charge >= 0.3 is 0 Å². The Morgan fingerprint density at radius 1 is 1.58 bits per heavy atom. The van der Waals surface area contributed by atoms with Crippen LogP contribution in [0.2, 0.25) is 6.55 Å². The smallest absolute Gasteiger partial charge is 0.0850 e. The molecule has 1 aliphatic heterocycles. The van der Waals surface area contributed by atoms with Gasteiger partial charge in [-0.3, -0.25) is 0 Å². The van der Waals surface area contributed by atoms with Crippen LogP contribution in [0.1, 0.15) is 5.56 Å². The van der Waals surface area contributed by atoms with Crippen molar-refractivity contribution in [3.63, 3.8) is 0 Å². The number of hydrogen-bond donors (Lipinski definition) is 0. The van der Waals surface area contributed by atoms with Crippen LogP contribution in [0.5, 0.6) is 0 Å². The van der Waals surface area contributed by atoms with E-state index in [1.807, 2.05) is 0 Å². The summed E-state index contributed by atoms with van der Waals surface area (Å²) in [5.41, 5.74) is 1.42. The van der Waals surface area contributed by atoms with E-state index < -0.39 is 0 Å². The lowest BCUT2D eigenvalue weighted by molar-refractivity contribution is 0.407. The molecule has 1 saturated heterocycles. The maximum atomic E-state index is 5.19. The summed E-state index contributed by atoms with van der Waals surface area (Å²) >= 11 is 0. The number of benzene rings is 1. The molecule has 0 spiro atoms. The number of hydrogen-bond acceptors (Lipinski definition) is 1. The summed E-state index contributed by atoms with van der Waals surface area (Å²) in [6.45, 7) is 3.17. The first-order chi connectivity index (χ1) is 5.88. The highest BCUT2D eigenvalue weighted by Gasteiger charge is 2.22. The second-order valence-electron chi connectivity index (χ2n) is 3.11. The summed E-state index contributed by atoms with van der Waals surface area (Å²) in [5, 5.41) is 1.45. The Kier molecular flexibility index (Phi) is 2.28. The standard InChI is InChI=1S/C10H12OSi/c1-12-10-4-2-3-8(6-10)5-9-7-11-9/h2-4,6,9H,5,7H2,1H3. The molecule has 1 atom stereocenters. The molecular formula is C10H12OSi. The fourth-order valence-corrected chi connectivity index (χ4v) is 1.90. The predicted octanol–water partition coefficient (Wildman–Crippen LogP) is 1.01. The summed E-state index contributed by atoms with van der Waals surface area (Å²) < 4.78 is 5.19. The van der Waals surface area contributed by atoms with E-state index in [4.69, 9.17) is 4.74 Å². The van der Waals surface area contributed by atoms with Crippen LogP contribution < -0.4 is 5.19 Å². The van der Waals surface area contributed by atoms with Crippen molar-refractivity contribution in [2.24, 2.45) is 0 Å². The van der Waals surface area contributed by atoms with E-state index >= 15 is 0 Å². The first-order valence-corrected chi connectivity index (χ1v) is 5.77. The highest BCUT2D eigenvalue weighted by molar-refractivity contribution is 6.51. The fourth-order valence-electron chi connectivity index (χ4n) is 1.30. The van der Waals surface area contributed by atoms with Crippen molar-refractivity contribution in [2.75, 3.05) is 6.61 Å². The second-order valence-corrected chi connectivity index (χ2v) is 4.19. The van der Waals surface area contributed by atoms with Crippen molar-refractivity contribution in [3.05, 3.63) is 29.8 Å². The lowest BCUT2D eigenvalue weighted by Crippen LogP contribution is -2.11. The van der Waals surface area contributed by atoms with Crippen molar-refractivity contribution >= 4 is 14.7 Å². The first-order valence-electron chi connectivity index (χ1n) is 4.27. The summed E-state index contributed by atoms with van der Waals surface area (Å²) in [4.78, 5) is 0. The van der Waals surface area contributed by atoms with Gasteiger partial charge in [-0.05, 0) is 5.56 Å². The molecule has 1 nitrogen and oxygen atoms in total. The van der Waals surface area contributed by atoms with Gasteiger partial charge in [0.1, 0.15) is 0 Å². The Bertz CT molecular complexity index is 268. The zero-order valence-electron chi connectivity index (χ0n) is 7.21. The van der Waals surface area contributed by atoms with Gasteiger partial charge in [-0.25, -0.2) is 0 Å². The van der Waals surface area contributed by atoms with Crippen LogP contribution in [0, 0.1) is 0 Å². The van der Waals surface area contributed by atoms with Crippen molar-refractivity contribution in [1.29, 1.82) is 0 Å². The average Bonchev–Trinajstić information content (AvgIpc) is 2.89. The summed E-state index contributed by atoms with van der Waals surface area (Å²) in [7, 11) is 0.903. The third-order valence-corrected chi connectivity index (χ3v) is 2.97. The number of rotatable bonds is 3. The van der Waals surface area contributed by atoms with E-state index in [1.54, 1.807) is 0 Å². The third kappa shape index (κ3) is 1.96. The van der Waals surface area contributed by atoms with Crippen LogP contribution in [-0.2, 0) is 11.2 Å². The van der Waals surface area contributed by atoms with E-state index in [-0.39, 0.29) is 0 Å². The minimum atomic E-state index is 0.514. The molecule has 12 heavy (non-hydrogen) atoms. The van der Waals surface area contributed by atoms with Crippen molar-refractivity contribution < 1.29 is 4.74 Å². The van der Waals surface area contributed by atoms with Crippen molar-refractivity contribution in [1.82, 2.24) is 0 Å². The SMILES string of the molecule is C[Si]c1cccc(CC2CO2)c1. The average molecular weight is 176 g/mol. The molecule has 0 bridgehead atoms. The van der Waals surface area contributed by atoms with Gasteiger partial charge in [0, 0.05) is 6.42 Å². The molecule has 2 rings (SSSR count). The van der Waals surface area contributed by atoms with Gasteiger partial charge in [-0.15, -0.1) is 0 Å². The lowest BCUT2D eigenvalue weighted by atomic mass is 10.1. The Hall–Kier alpha value is -0.603. The number of epoxide rings is 1. The molecule has 0 aliphatic carbocycles. The van der Waals surface area contributed by atoms with Crippen LogP contribution in [0.4, 0.5) is 0 Å². The second kappa shape index (κ2) is 3.41. The Morgan fingerprint density at radius 3 is 3.08 bits per heavy atom. The first kappa shape index (κ1) is 8.02. The van der Waals surface area contributed by atoms with Gasteiger partial charge in [0.05, 0.1) is 22.2 Å². The van der Waals surface area contributed by atoms with E-state index in [0.29, 0.717) is 6.10 Å². The quantitative estimate of drug-likeness (QED) is 0.494. The molecule has 0 amide bonds. The minimum Gasteiger partial charge on any atom is -0.373 e. The van der Waals surface area contributed by atoms with Crippen LogP contribution in [0.25, 0.3) is 0 Å². The van der Waals surface area contributed by atoms with Gasteiger partial charge in [0.2, 0.25) is 0 Å². The minimum absolute atomic E-state index is 0.514. The van der Waals surface area contributed by atoms with Gasteiger partial charge in [-0.2, -0.15) is 0 Å². The van der Waals surface area contributed by atoms with Crippen LogP contribution in [-0.4, -0.2) is 22.2 Å². The van der Waals surface area contributed by atoms with Crippen molar-refractivity contribution in [2.45, 2.75) is 19.1 Å². The highest BCUT2D eigenvalue weighted by Crippen LogP contribution is 2.14. The van der Waals surface area contributed by atoms with E-state index in [1.165, 1.54) is 10.8 Å². The Labute approximate surface area is 75.6 Å². The maximum Gasteiger partial charge on any atom is 0.0850 e. The highest BCUT2D eigenvalue weighted by atomic mass is 28.2. The van der Waals surface area contributed by atoms with Gasteiger partial charge < -0.3 is 4.74 Å². The van der Waals surface area contributed by atoms with Crippen molar-refractivity contribution in [3.8, 4) is 0 Å². The normalized spacial score (nSPS) is 20.9. The zero-order chi connectivity index (χ0) is 8.39. The van der Waals surface area contributed by atoms with Crippen LogP contribution in [0.15, 0.2) is 24.3 Å². The summed E-state index contributed by atoms with van der Waals surface area (Å²) in [5.74, 6) is 0. The molecular weight excluding hydrogens is 164 g/mol. The molecule has 1 fully saturated rings. The summed E-state index contributed by atoms with van der Waals surface area (Å²) in [6, 6.07) is 8.81. The fraction of sp³-hybridized carbons (Fsp3) is 0.400. The molecule has 2 radical (unpaired) electrons. The Balaban J connectivity index is 2.08. The maximum absolute atomic E-state index is 5.19. The summed E-state index contributed by atoms with van der Waals surface area (Å²) in [6.07, 6.45) is 1.61. The zero-order valence-corrected chi connectivity index (χ0v) is 8.21. The molecule has 1 unspecified atom stereocenters. The van der Waals surface area contributed by atoms with E-state index in [9.17, 15) is 0 Å². The van der Waals surface area contributed by atoms with Gasteiger partial charge in [0.15, 0.2) is 0 Å². The monoisotopic (exact) mass is 176 g/mol. The lowest BCUT2D eigenvalue weighted by Gasteiger charge is -2.00. The van der Waals surface area contributed by atoms with E-state index in [2.05, 4.69) is 30.8 Å². The molecule has 1 aromatic rings. The van der Waals surface area contributed by atoms with Gasteiger partial charge in [-0.1, -0.05) is 36.0 Å². The predicted molar refractivity (Wildman–Crippen MR) is 51.1 cm³/mol. The molecule has 1 heterocycles. The van der Waals surface area contributed by atoms with Gasteiger partial charge in [0.25, 0.3) is 0 Å². The third-order valence-electron chi connectivity index (χ3n) is 2.08. The molecule has 0 aromatic heterocycles. The largest absolute Gasteiger partial charge is 0.373 e. The molecule has 1 aromatic carbocycles. The molecule has 2 heteroatoms. The molecule has 0 saturated carbocycles. The Morgan fingerprint density at radius 2 is 2.42 bits per heavy atom. The van der Waals surface area contributed by atoms with Crippen LogP contribution in [0.3, 0.4) is 0 Å². The topological polar surface area (TPSA) is 12.5 Å². The number of ether oxygens (including phenoxy) is 1. The van der Waals surface area contributed by atoms with Crippen LogP contribution >= 0.6 is 0 Å². The molecule has 0 N–H and O–H groups in total.